The average molecular weight is 328 g/mol. The van der Waals surface area contributed by atoms with Crippen LogP contribution < -0.4 is 4.72 Å². The van der Waals surface area contributed by atoms with Crippen LogP contribution in [0.25, 0.3) is 0 Å². The molecule has 8 heteroatoms. The number of sulfonamides is 1. The van der Waals surface area contributed by atoms with Crippen molar-refractivity contribution in [2.45, 2.75) is 18.4 Å². The number of amides is 1. The number of likely N-dealkylation sites (tertiary alicyclic amines) is 1. The fourth-order valence-electron chi connectivity index (χ4n) is 3.27. The van der Waals surface area contributed by atoms with E-state index in [4.69, 9.17) is 9.15 Å². The molecule has 22 heavy (non-hydrogen) atoms. The van der Waals surface area contributed by atoms with Crippen molar-refractivity contribution in [1.82, 2.24) is 9.62 Å². The van der Waals surface area contributed by atoms with Crippen molar-refractivity contribution in [1.29, 1.82) is 0 Å². The lowest BCUT2D eigenvalue weighted by Crippen LogP contribution is -2.66. The normalized spacial score (nSPS) is 23.7. The van der Waals surface area contributed by atoms with Crippen molar-refractivity contribution in [3.8, 4) is 0 Å². The topological polar surface area (TPSA) is 88.9 Å². The SMILES string of the molecule is CS(=O)(=O)NCC[C@@H]1CCOC12CN(C(=O)c1ccoc1)C2. The highest BCUT2D eigenvalue weighted by atomic mass is 32.2. The van der Waals surface area contributed by atoms with Crippen LogP contribution in [0, 0.1) is 5.92 Å². The molecule has 1 N–H and O–H groups in total. The minimum absolute atomic E-state index is 0.0529. The van der Waals surface area contributed by atoms with Gasteiger partial charge >= 0.3 is 0 Å². The van der Waals surface area contributed by atoms with Gasteiger partial charge in [-0.3, -0.25) is 4.79 Å². The van der Waals surface area contributed by atoms with Gasteiger partial charge in [0.05, 0.1) is 31.2 Å². The molecule has 2 fully saturated rings. The molecule has 122 valence electrons. The van der Waals surface area contributed by atoms with E-state index in [1.807, 2.05) is 0 Å². The first-order valence-corrected chi connectivity index (χ1v) is 9.19. The summed E-state index contributed by atoms with van der Waals surface area (Å²) < 4.78 is 35.6. The first-order chi connectivity index (χ1) is 10.4. The summed E-state index contributed by atoms with van der Waals surface area (Å²) in [6.07, 6.45) is 5.70. The van der Waals surface area contributed by atoms with Gasteiger partial charge in [-0.1, -0.05) is 0 Å². The number of nitrogens with zero attached hydrogens (tertiary/aromatic N) is 1. The minimum Gasteiger partial charge on any atom is -0.472 e. The van der Waals surface area contributed by atoms with E-state index in [0.29, 0.717) is 31.8 Å². The maximum absolute atomic E-state index is 12.2. The zero-order valence-corrected chi connectivity index (χ0v) is 13.3. The molecule has 0 bridgehead atoms. The maximum Gasteiger partial charge on any atom is 0.257 e. The highest BCUT2D eigenvalue weighted by molar-refractivity contribution is 7.88. The van der Waals surface area contributed by atoms with Crippen molar-refractivity contribution in [2.75, 3.05) is 32.5 Å². The Morgan fingerprint density at radius 1 is 1.50 bits per heavy atom. The van der Waals surface area contributed by atoms with Gasteiger partial charge in [-0.05, 0) is 24.8 Å². The summed E-state index contributed by atoms with van der Waals surface area (Å²) in [6, 6.07) is 1.65. The number of nitrogens with one attached hydrogen (secondary N) is 1. The molecular weight excluding hydrogens is 308 g/mol. The van der Waals surface area contributed by atoms with Crippen molar-refractivity contribution in [2.24, 2.45) is 5.92 Å². The summed E-state index contributed by atoms with van der Waals surface area (Å²) >= 11 is 0. The van der Waals surface area contributed by atoms with Gasteiger partial charge in [0.15, 0.2) is 0 Å². The Morgan fingerprint density at radius 3 is 2.91 bits per heavy atom. The number of carbonyl (C=O) groups is 1. The van der Waals surface area contributed by atoms with Gasteiger partial charge in [0.1, 0.15) is 11.9 Å². The maximum atomic E-state index is 12.2. The molecule has 0 aromatic carbocycles. The van der Waals surface area contributed by atoms with Crippen LogP contribution in [0.1, 0.15) is 23.2 Å². The monoisotopic (exact) mass is 328 g/mol. The third kappa shape index (κ3) is 3.04. The minimum atomic E-state index is -3.16. The second-order valence-corrected chi connectivity index (χ2v) is 7.86. The Balaban J connectivity index is 1.55. The van der Waals surface area contributed by atoms with Crippen LogP contribution in [-0.4, -0.2) is 57.3 Å². The molecule has 1 spiro atoms. The number of hydrogen-bond acceptors (Lipinski definition) is 5. The quantitative estimate of drug-likeness (QED) is 0.848. The molecule has 0 aliphatic carbocycles. The molecule has 2 aliphatic rings. The largest absolute Gasteiger partial charge is 0.472 e. The van der Waals surface area contributed by atoms with Gasteiger partial charge in [0, 0.05) is 13.2 Å². The highest BCUT2D eigenvalue weighted by Gasteiger charge is 2.54. The van der Waals surface area contributed by atoms with Crippen molar-refractivity contribution in [3.63, 3.8) is 0 Å². The zero-order valence-electron chi connectivity index (χ0n) is 12.4. The smallest absolute Gasteiger partial charge is 0.257 e. The molecule has 0 radical (unpaired) electrons. The lowest BCUT2D eigenvalue weighted by molar-refractivity contribution is -0.117. The van der Waals surface area contributed by atoms with Crippen molar-refractivity contribution < 1.29 is 22.4 Å². The van der Waals surface area contributed by atoms with Gasteiger partial charge < -0.3 is 14.1 Å². The van der Waals surface area contributed by atoms with Crippen LogP contribution >= 0.6 is 0 Å². The standard InChI is InChI=1S/C14H20N2O5S/c1-22(18,19)15-5-2-12-4-7-21-14(12)9-16(10-14)13(17)11-3-6-20-8-11/h3,6,8,12,15H,2,4-5,7,9-10H2,1H3/t12-/m1/s1. The summed E-state index contributed by atoms with van der Waals surface area (Å²) in [5.74, 6) is 0.220. The Labute approximate surface area is 129 Å². The molecular formula is C14H20N2O5S. The second-order valence-electron chi connectivity index (χ2n) is 6.03. The number of furan rings is 1. The Morgan fingerprint density at radius 2 is 2.27 bits per heavy atom. The van der Waals surface area contributed by atoms with Gasteiger partial charge in [-0.2, -0.15) is 0 Å². The second kappa shape index (κ2) is 5.68. The van der Waals surface area contributed by atoms with Crippen LogP contribution in [0.15, 0.2) is 23.0 Å². The molecule has 3 rings (SSSR count). The summed E-state index contributed by atoms with van der Waals surface area (Å²) in [7, 11) is -3.16. The lowest BCUT2D eigenvalue weighted by Gasteiger charge is -2.50. The van der Waals surface area contributed by atoms with E-state index in [-0.39, 0.29) is 17.4 Å². The van der Waals surface area contributed by atoms with E-state index in [0.717, 1.165) is 19.1 Å². The molecule has 1 amide bonds. The van der Waals surface area contributed by atoms with Crippen molar-refractivity contribution in [3.05, 3.63) is 24.2 Å². The summed E-state index contributed by atoms with van der Waals surface area (Å²) in [5.41, 5.74) is 0.238. The van der Waals surface area contributed by atoms with Gasteiger partial charge in [0.25, 0.3) is 5.91 Å². The van der Waals surface area contributed by atoms with Gasteiger partial charge in [-0.25, -0.2) is 13.1 Å². The highest BCUT2D eigenvalue weighted by Crippen LogP contribution is 2.42. The molecule has 2 saturated heterocycles. The van der Waals surface area contributed by atoms with Crippen LogP contribution in [-0.2, 0) is 14.8 Å². The number of hydrogen-bond donors (Lipinski definition) is 1. The molecule has 2 aliphatic heterocycles. The summed E-state index contributed by atoms with van der Waals surface area (Å²) in [4.78, 5) is 13.9. The van der Waals surface area contributed by atoms with E-state index < -0.39 is 10.0 Å². The van der Waals surface area contributed by atoms with E-state index in [1.54, 1.807) is 11.0 Å². The Kier molecular flexibility index (Phi) is 4.00. The Bertz CT molecular complexity index is 634. The average Bonchev–Trinajstić information content (AvgIpc) is 3.03. The van der Waals surface area contributed by atoms with E-state index in [9.17, 15) is 13.2 Å². The van der Waals surface area contributed by atoms with Crippen LogP contribution in [0.4, 0.5) is 0 Å². The fraction of sp³-hybridized carbons (Fsp3) is 0.643. The molecule has 7 nitrogen and oxygen atoms in total. The molecule has 1 atom stereocenters. The molecule has 1 aromatic heterocycles. The van der Waals surface area contributed by atoms with Crippen molar-refractivity contribution >= 4 is 15.9 Å². The molecule has 0 unspecified atom stereocenters. The molecule has 3 heterocycles. The van der Waals surface area contributed by atoms with Gasteiger partial charge in [0.2, 0.25) is 10.0 Å². The number of ether oxygens (including phenoxy) is 1. The molecule has 0 saturated carbocycles. The van der Waals surface area contributed by atoms with E-state index >= 15 is 0 Å². The predicted molar refractivity (Wildman–Crippen MR) is 78.9 cm³/mol. The van der Waals surface area contributed by atoms with E-state index in [1.165, 1.54) is 12.5 Å². The number of rotatable bonds is 5. The first kappa shape index (κ1) is 15.5. The Hall–Kier alpha value is -1.38. The number of carbonyl (C=O) groups excluding carboxylic acids is 1. The lowest BCUT2D eigenvalue weighted by atomic mass is 9.79. The first-order valence-electron chi connectivity index (χ1n) is 7.30. The van der Waals surface area contributed by atoms with Crippen LogP contribution in [0.5, 0.6) is 0 Å². The zero-order chi connectivity index (χ0) is 15.8. The van der Waals surface area contributed by atoms with Gasteiger partial charge in [-0.15, -0.1) is 0 Å². The van der Waals surface area contributed by atoms with E-state index in [2.05, 4.69) is 4.72 Å². The summed E-state index contributed by atoms with van der Waals surface area (Å²) in [5, 5.41) is 0. The summed E-state index contributed by atoms with van der Waals surface area (Å²) in [6.45, 7) is 2.18. The third-order valence-corrected chi connectivity index (χ3v) is 5.16. The third-order valence-electron chi connectivity index (χ3n) is 4.43. The predicted octanol–water partition coefficient (Wildman–Crippen LogP) is 0.450. The fourth-order valence-corrected chi connectivity index (χ4v) is 3.76. The molecule has 1 aromatic rings. The van der Waals surface area contributed by atoms with Crippen LogP contribution in [0.3, 0.4) is 0 Å². The van der Waals surface area contributed by atoms with Crippen LogP contribution in [0.2, 0.25) is 0 Å².